The molecule has 164 valence electrons. The first-order valence-corrected chi connectivity index (χ1v) is 9.95. The summed E-state index contributed by atoms with van der Waals surface area (Å²) in [5, 5.41) is 14.8. The molecule has 0 bridgehead atoms. The molecule has 0 aliphatic carbocycles. The van der Waals surface area contributed by atoms with Crippen molar-refractivity contribution >= 4 is 29.9 Å². The highest BCUT2D eigenvalue weighted by Gasteiger charge is 2.21. The topological polar surface area (TPSA) is 85.6 Å². The summed E-state index contributed by atoms with van der Waals surface area (Å²) in [7, 11) is 1.94. The molecule has 2 aromatic rings. The van der Waals surface area contributed by atoms with Gasteiger partial charge in [-0.05, 0) is 32.9 Å². The Kier molecular flexibility index (Phi) is 8.94. The largest absolute Gasteiger partial charge is 0.494 e. The van der Waals surface area contributed by atoms with Crippen LogP contribution < -0.4 is 20.1 Å². The highest BCUT2D eigenvalue weighted by Crippen LogP contribution is 2.35. The molecule has 8 nitrogen and oxygen atoms in total. The fourth-order valence-corrected chi connectivity index (χ4v) is 3.17. The Bertz CT molecular complexity index is 896. The van der Waals surface area contributed by atoms with Crippen molar-refractivity contribution in [2.24, 2.45) is 12.0 Å². The maximum atomic E-state index is 5.91. The fraction of sp³-hybridized carbons (Fsp3) is 0.476. The first-order valence-electron chi connectivity index (χ1n) is 9.95. The molecule has 0 radical (unpaired) electrons. The summed E-state index contributed by atoms with van der Waals surface area (Å²) in [5.74, 6) is 4.16. The Balaban J connectivity index is 0.00000320. The van der Waals surface area contributed by atoms with Gasteiger partial charge in [0.2, 0.25) is 0 Å². The van der Waals surface area contributed by atoms with Crippen LogP contribution >= 0.6 is 24.0 Å². The van der Waals surface area contributed by atoms with Crippen molar-refractivity contribution in [3.8, 4) is 11.5 Å². The number of nitrogens with one attached hydrogen (secondary N) is 2. The molecule has 0 saturated carbocycles. The van der Waals surface area contributed by atoms with Gasteiger partial charge < -0.3 is 24.7 Å². The van der Waals surface area contributed by atoms with E-state index in [0.29, 0.717) is 32.2 Å². The molecule has 1 aliphatic rings. The maximum absolute atomic E-state index is 5.91. The van der Waals surface area contributed by atoms with E-state index in [4.69, 9.17) is 14.5 Å². The molecular weight excluding hydrogens is 495 g/mol. The van der Waals surface area contributed by atoms with Crippen LogP contribution in [0.1, 0.15) is 36.6 Å². The second-order valence-corrected chi connectivity index (χ2v) is 7.04. The first-order chi connectivity index (χ1) is 14.0. The van der Waals surface area contributed by atoms with E-state index in [1.54, 1.807) is 6.08 Å². The first kappa shape index (κ1) is 24.0. The van der Waals surface area contributed by atoms with Gasteiger partial charge in [-0.2, -0.15) is 0 Å². The molecule has 3 rings (SSSR count). The zero-order valence-corrected chi connectivity index (χ0v) is 20.4. The van der Waals surface area contributed by atoms with Crippen LogP contribution in [-0.4, -0.2) is 40.0 Å². The molecule has 0 saturated heterocycles. The third-order valence-corrected chi connectivity index (χ3v) is 4.80. The second-order valence-electron chi connectivity index (χ2n) is 7.04. The summed E-state index contributed by atoms with van der Waals surface area (Å²) in [4.78, 5) is 4.72. The van der Waals surface area contributed by atoms with Crippen LogP contribution in [0.3, 0.4) is 0 Å². The molecule has 0 fully saturated rings. The van der Waals surface area contributed by atoms with E-state index in [1.807, 2.05) is 31.5 Å². The number of nitrogens with zero attached hydrogens (tertiary/aromatic N) is 4. The molecule has 1 aromatic carbocycles. The molecule has 9 heteroatoms. The van der Waals surface area contributed by atoms with Crippen molar-refractivity contribution in [3.05, 3.63) is 47.6 Å². The van der Waals surface area contributed by atoms with Crippen LogP contribution in [-0.2, 0) is 26.6 Å². The van der Waals surface area contributed by atoms with Crippen molar-refractivity contribution in [1.82, 2.24) is 25.4 Å². The van der Waals surface area contributed by atoms with Crippen molar-refractivity contribution in [2.75, 3.05) is 13.2 Å². The Morgan fingerprint density at radius 1 is 1.40 bits per heavy atom. The lowest BCUT2D eigenvalue weighted by Gasteiger charge is -2.14. The molecule has 1 unspecified atom stereocenters. The number of hydrogen-bond acceptors (Lipinski definition) is 5. The van der Waals surface area contributed by atoms with E-state index in [1.165, 1.54) is 5.56 Å². The Hall–Kier alpha value is -2.30. The molecule has 1 atom stereocenters. The predicted molar refractivity (Wildman–Crippen MR) is 129 cm³/mol. The summed E-state index contributed by atoms with van der Waals surface area (Å²) in [5.41, 5.74) is 2.18. The average Bonchev–Trinajstić information content (AvgIpc) is 3.22. The molecular formula is C21H31IN6O2. The normalized spacial score (nSPS) is 15.1. The van der Waals surface area contributed by atoms with Gasteiger partial charge in [-0.15, -0.1) is 40.8 Å². The second kappa shape index (κ2) is 11.2. The van der Waals surface area contributed by atoms with Crippen LogP contribution in [0.2, 0.25) is 0 Å². The summed E-state index contributed by atoms with van der Waals surface area (Å²) >= 11 is 0. The summed E-state index contributed by atoms with van der Waals surface area (Å²) in [6.45, 7) is 11.9. The Morgan fingerprint density at radius 3 is 2.87 bits per heavy atom. The zero-order chi connectivity index (χ0) is 20.8. The minimum absolute atomic E-state index is 0. The number of aliphatic imine (C=N–C) groups is 1. The van der Waals surface area contributed by atoms with Crippen LogP contribution in [0.25, 0.3) is 0 Å². The van der Waals surface area contributed by atoms with Gasteiger partial charge in [0.1, 0.15) is 23.4 Å². The molecule has 2 N–H and O–H groups in total. The SMILES string of the molecule is C=CCNC(=NCc1cc2c(cc1OCC)CC(C)O2)NCc1nnc(C)n1C.I. The van der Waals surface area contributed by atoms with Crippen LogP contribution in [0.4, 0.5) is 0 Å². The van der Waals surface area contributed by atoms with Gasteiger partial charge in [-0.1, -0.05) is 6.08 Å². The number of aromatic nitrogens is 3. The lowest BCUT2D eigenvalue weighted by molar-refractivity contribution is 0.254. The van der Waals surface area contributed by atoms with E-state index >= 15 is 0 Å². The number of rotatable bonds is 8. The van der Waals surface area contributed by atoms with E-state index in [9.17, 15) is 0 Å². The van der Waals surface area contributed by atoms with Crippen LogP contribution in [0.15, 0.2) is 29.8 Å². The van der Waals surface area contributed by atoms with Gasteiger partial charge in [-0.3, -0.25) is 0 Å². The highest BCUT2D eigenvalue weighted by molar-refractivity contribution is 14.0. The minimum atomic E-state index is 0. The highest BCUT2D eigenvalue weighted by atomic mass is 127. The van der Waals surface area contributed by atoms with Gasteiger partial charge in [0, 0.05) is 31.1 Å². The molecule has 0 amide bonds. The van der Waals surface area contributed by atoms with Crippen molar-refractivity contribution < 1.29 is 9.47 Å². The van der Waals surface area contributed by atoms with Gasteiger partial charge in [0.15, 0.2) is 11.8 Å². The van der Waals surface area contributed by atoms with E-state index in [-0.39, 0.29) is 30.1 Å². The van der Waals surface area contributed by atoms with E-state index in [2.05, 4.69) is 40.4 Å². The lowest BCUT2D eigenvalue weighted by atomic mass is 10.1. The third kappa shape index (κ3) is 5.87. The monoisotopic (exact) mass is 526 g/mol. The van der Waals surface area contributed by atoms with Gasteiger partial charge >= 0.3 is 0 Å². The molecule has 0 spiro atoms. The van der Waals surface area contributed by atoms with Crippen molar-refractivity contribution in [2.45, 2.75) is 46.4 Å². The van der Waals surface area contributed by atoms with Gasteiger partial charge in [-0.25, -0.2) is 4.99 Å². The molecule has 1 aliphatic heterocycles. The number of halogens is 1. The summed E-state index contributed by atoms with van der Waals surface area (Å²) in [6.07, 6.45) is 2.89. The van der Waals surface area contributed by atoms with Gasteiger partial charge in [0.25, 0.3) is 0 Å². The number of ether oxygens (including phenoxy) is 2. The van der Waals surface area contributed by atoms with Crippen LogP contribution in [0.5, 0.6) is 11.5 Å². The number of fused-ring (bicyclic) bond motifs is 1. The van der Waals surface area contributed by atoms with Gasteiger partial charge in [0.05, 0.1) is 19.7 Å². The smallest absolute Gasteiger partial charge is 0.192 e. The predicted octanol–water partition coefficient (Wildman–Crippen LogP) is 2.89. The molecule has 30 heavy (non-hydrogen) atoms. The third-order valence-electron chi connectivity index (χ3n) is 4.80. The average molecular weight is 526 g/mol. The Morgan fingerprint density at radius 2 is 2.20 bits per heavy atom. The Labute approximate surface area is 195 Å². The standard InChI is InChI=1S/C21H30N6O2.HI/c1-6-8-22-21(24-13-20-26-25-15(4)27(20)5)23-12-17-11-19-16(9-14(3)29-19)10-18(17)28-7-2;/h6,10-11,14H,1,7-9,12-13H2,2-5H3,(H2,22,23,24);1H. The maximum Gasteiger partial charge on any atom is 0.192 e. The van der Waals surface area contributed by atoms with E-state index in [0.717, 1.165) is 35.1 Å². The lowest BCUT2D eigenvalue weighted by Crippen LogP contribution is -2.37. The summed E-state index contributed by atoms with van der Waals surface area (Å²) < 4.78 is 13.7. The number of aryl methyl sites for hydroxylation is 1. The number of guanidine groups is 1. The van der Waals surface area contributed by atoms with Crippen molar-refractivity contribution in [1.29, 1.82) is 0 Å². The fourth-order valence-electron chi connectivity index (χ4n) is 3.17. The molecule has 1 aromatic heterocycles. The molecule has 2 heterocycles. The zero-order valence-electron chi connectivity index (χ0n) is 18.1. The van der Waals surface area contributed by atoms with E-state index < -0.39 is 0 Å². The van der Waals surface area contributed by atoms with Crippen LogP contribution in [0, 0.1) is 6.92 Å². The van der Waals surface area contributed by atoms with Crippen molar-refractivity contribution in [3.63, 3.8) is 0 Å². The minimum Gasteiger partial charge on any atom is -0.494 e. The number of benzene rings is 1. The summed E-state index contributed by atoms with van der Waals surface area (Å²) in [6, 6.07) is 4.13. The quantitative estimate of drug-likeness (QED) is 0.238. The number of hydrogen-bond donors (Lipinski definition) is 2.